The van der Waals surface area contributed by atoms with E-state index >= 15 is 0 Å². The molecule has 4 heteroatoms. The first-order chi connectivity index (χ1) is 6.60. The molecule has 0 aliphatic carbocycles. The van der Waals surface area contributed by atoms with Crippen molar-refractivity contribution in [3.63, 3.8) is 0 Å². The summed E-state index contributed by atoms with van der Waals surface area (Å²) in [6.45, 7) is 3.77. The van der Waals surface area contributed by atoms with Crippen LogP contribution in [0.4, 0.5) is 0 Å². The Morgan fingerprint density at radius 3 is 1.79 bits per heavy atom. The lowest BCUT2D eigenvalue weighted by molar-refractivity contribution is -0.954. The quantitative estimate of drug-likeness (QED) is 0.385. The zero-order valence-electron chi connectivity index (χ0n) is 9.32. The first-order valence-corrected chi connectivity index (χ1v) is 5.34. The lowest BCUT2D eigenvalue weighted by Crippen LogP contribution is -2.53. The van der Waals surface area contributed by atoms with Crippen LogP contribution in [-0.4, -0.2) is 59.4 Å². The molecule has 0 aliphatic rings. The van der Waals surface area contributed by atoms with Gasteiger partial charge in [0.25, 0.3) is 0 Å². The predicted molar refractivity (Wildman–Crippen MR) is 55.6 cm³/mol. The maximum Gasteiger partial charge on any atom is 0.190 e. The average Bonchev–Trinajstić information content (AvgIpc) is 2.22. The fourth-order valence-electron chi connectivity index (χ4n) is 1.71. The first-order valence-electron chi connectivity index (χ1n) is 5.34. The lowest BCUT2D eigenvalue weighted by Gasteiger charge is -2.38. The van der Waals surface area contributed by atoms with Crippen molar-refractivity contribution in [3.8, 4) is 0 Å². The number of nitrogens with zero attached hydrogens (tertiary/aromatic N) is 1. The molecule has 0 amide bonds. The second kappa shape index (κ2) is 7.17. The molecular formula is C10H24NO3+. The smallest absolute Gasteiger partial charge is 0.190 e. The average molecular weight is 206 g/mol. The van der Waals surface area contributed by atoms with E-state index in [4.69, 9.17) is 10.2 Å². The molecule has 0 saturated carbocycles. The highest BCUT2D eigenvalue weighted by molar-refractivity contribution is 4.46. The zero-order chi connectivity index (χ0) is 11.0. The molecule has 0 saturated heterocycles. The van der Waals surface area contributed by atoms with Gasteiger partial charge in [-0.1, -0.05) is 6.92 Å². The van der Waals surface area contributed by atoms with E-state index in [0.29, 0.717) is 23.7 Å². The summed E-state index contributed by atoms with van der Waals surface area (Å²) >= 11 is 0. The van der Waals surface area contributed by atoms with Gasteiger partial charge in [-0.25, -0.2) is 0 Å². The number of hydrogen-bond donors (Lipinski definition) is 3. The molecule has 3 N–H and O–H groups in total. The summed E-state index contributed by atoms with van der Waals surface area (Å²) in [6, 6.07) is 0. The Kier molecular flexibility index (Phi) is 7.09. The van der Waals surface area contributed by atoms with Crippen LogP contribution in [-0.2, 0) is 0 Å². The molecule has 0 radical (unpaired) electrons. The number of rotatable bonds is 8. The lowest BCUT2D eigenvalue weighted by atomic mass is 10.2. The Balaban J connectivity index is 4.16. The van der Waals surface area contributed by atoms with Crippen LogP contribution in [0.1, 0.15) is 26.2 Å². The summed E-state index contributed by atoms with van der Waals surface area (Å²) in [5.41, 5.74) is 0. The van der Waals surface area contributed by atoms with Crippen molar-refractivity contribution in [2.45, 2.75) is 32.4 Å². The van der Waals surface area contributed by atoms with Gasteiger partial charge in [-0.3, -0.25) is 0 Å². The van der Waals surface area contributed by atoms with E-state index in [1.54, 1.807) is 0 Å². The third-order valence-corrected chi connectivity index (χ3v) is 2.74. The first kappa shape index (κ1) is 13.8. The van der Waals surface area contributed by atoms with E-state index in [9.17, 15) is 5.11 Å². The molecule has 0 rings (SSSR count). The fourth-order valence-corrected chi connectivity index (χ4v) is 1.71. The van der Waals surface area contributed by atoms with Gasteiger partial charge in [0.05, 0.1) is 20.1 Å². The molecule has 1 atom stereocenters. The second-order valence-corrected chi connectivity index (χ2v) is 3.97. The van der Waals surface area contributed by atoms with Gasteiger partial charge in [0, 0.05) is 32.5 Å². The molecule has 86 valence electrons. The molecule has 14 heavy (non-hydrogen) atoms. The highest BCUT2D eigenvalue weighted by atomic mass is 16.3. The van der Waals surface area contributed by atoms with Crippen LogP contribution in [0.3, 0.4) is 0 Å². The Morgan fingerprint density at radius 1 is 1.07 bits per heavy atom. The maximum atomic E-state index is 9.84. The zero-order valence-corrected chi connectivity index (χ0v) is 9.32. The summed E-state index contributed by atoms with van der Waals surface area (Å²) in [4.78, 5) is 0. The molecule has 0 heterocycles. The van der Waals surface area contributed by atoms with E-state index in [-0.39, 0.29) is 13.2 Å². The molecular weight excluding hydrogens is 182 g/mol. The van der Waals surface area contributed by atoms with Crippen LogP contribution in [0.15, 0.2) is 0 Å². The third-order valence-electron chi connectivity index (χ3n) is 2.74. The van der Waals surface area contributed by atoms with Gasteiger partial charge in [-0.2, -0.15) is 0 Å². The number of hydrogen-bond acceptors (Lipinski definition) is 3. The van der Waals surface area contributed by atoms with Gasteiger partial charge in [-0.05, 0) is 0 Å². The van der Waals surface area contributed by atoms with Crippen molar-refractivity contribution in [1.82, 2.24) is 0 Å². The predicted octanol–water partition coefficient (Wildman–Crippen LogP) is -0.0738. The molecule has 0 fully saturated rings. The van der Waals surface area contributed by atoms with E-state index in [2.05, 4.69) is 0 Å². The number of aliphatic hydroxyl groups excluding tert-OH is 3. The number of quaternary nitrogens is 1. The largest absolute Gasteiger partial charge is 0.396 e. The van der Waals surface area contributed by atoms with Crippen molar-refractivity contribution >= 4 is 0 Å². The standard InChI is InChI=1S/C10H24NO3/c1-3-10(14)11(2,6-4-8-12)7-5-9-13/h10,12-14H,3-9H2,1-2H3/q+1. The molecule has 0 aromatic carbocycles. The molecule has 4 nitrogen and oxygen atoms in total. The summed E-state index contributed by atoms with van der Waals surface area (Å²) in [5.74, 6) is 0. The van der Waals surface area contributed by atoms with Gasteiger partial charge in [0.15, 0.2) is 6.23 Å². The van der Waals surface area contributed by atoms with Crippen LogP contribution >= 0.6 is 0 Å². The van der Waals surface area contributed by atoms with Crippen molar-refractivity contribution in [3.05, 3.63) is 0 Å². The summed E-state index contributed by atoms with van der Waals surface area (Å²) < 4.78 is 0.525. The van der Waals surface area contributed by atoms with E-state index in [0.717, 1.165) is 13.1 Å². The topological polar surface area (TPSA) is 60.7 Å². The van der Waals surface area contributed by atoms with Crippen LogP contribution in [0, 0.1) is 0 Å². The van der Waals surface area contributed by atoms with E-state index < -0.39 is 6.23 Å². The Bertz CT molecular complexity index is 133. The highest BCUT2D eigenvalue weighted by Gasteiger charge is 2.28. The molecule has 0 aromatic rings. The van der Waals surface area contributed by atoms with E-state index in [1.165, 1.54) is 0 Å². The van der Waals surface area contributed by atoms with Gasteiger partial charge >= 0.3 is 0 Å². The van der Waals surface area contributed by atoms with Crippen molar-refractivity contribution in [1.29, 1.82) is 0 Å². The Morgan fingerprint density at radius 2 is 1.50 bits per heavy atom. The minimum absolute atomic E-state index is 0.156. The normalized spacial score (nSPS) is 14.4. The monoisotopic (exact) mass is 206 g/mol. The minimum Gasteiger partial charge on any atom is -0.396 e. The Hall–Kier alpha value is -0.160. The summed E-state index contributed by atoms with van der Waals surface area (Å²) in [6.07, 6.45) is 1.69. The van der Waals surface area contributed by atoms with E-state index in [1.807, 2.05) is 14.0 Å². The van der Waals surface area contributed by atoms with Crippen molar-refractivity contribution < 1.29 is 19.8 Å². The molecule has 0 aromatic heterocycles. The SMILES string of the molecule is CCC(O)[N+](C)(CCCO)CCCO. The van der Waals surface area contributed by atoms with Gasteiger partial charge < -0.3 is 19.8 Å². The molecule has 0 bridgehead atoms. The van der Waals surface area contributed by atoms with Gasteiger partial charge in [0.1, 0.15) is 0 Å². The summed E-state index contributed by atoms with van der Waals surface area (Å²) in [7, 11) is 1.97. The van der Waals surface area contributed by atoms with Crippen LogP contribution < -0.4 is 0 Å². The molecule has 1 unspecified atom stereocenters. The van der Waals surface area contributed by atoms with Crippen LogP contribution in [0.5, 0.6) is 0 Å². The second-order valence-electron chi connectivity index (χ2n) is 3.97. The van der Waals surface area contributed by atoms with Gasteiger partial charge in [-0.15, -0.1) is 0 Å². The maximum absolute atomic E-state index is 9.84. The van der Waals surface area contributed by atoms with Crippen molar-refractivity contribution in [2.75, 3.05) is 33.4 Å². The van der Waals surface area contributed by atoms with Crippen LogP contribution in [0.2, 0.25) is 0 Å². The summed E-state index contributed by atoms with van der Waals surface area (Å²) in [5, 5.41) is 27.4. The van der Waals surface area contributed by atoms with Crippen LogP contribution in [0.25, 0.3) is 0 Å². The third kappa shape index (κ3) is 4.37. The van der Waals surface area contributed by atoms with Crippen molar-refractivity contribution in [2.24, 2.45) is 0 Å². The minimum atomic E-state index is -0.395. The molecule has 0 spiro atoms. The van der Waals surface area contributed by atoms with Gasteiger partial charge in [0.2, 0.25) is 0 Å². The molecule has 0 aliphatic heterocycles. The highest BCUT2D eigenvalue weighted by Crippen LogP contribution is 2.13. The number of aliphatic hydroxyl groups is 3. The fraction of sp³-hybridized carbons (Fsp3) is 1.00. The Labute approximate surface area is 86.4 Å².